The van der Waals surface area contributed by atoms with Crippen molar-refractivity contribution < 1.29 is 23.5 Å². The summed E-state index contributed by atoms with van der Waals surface area (Å²) in [6, 6.07) is 22.2. The maximum atomic E-state index is 13.3. The third kappa shape index (κ3) is 5.67. The molecule has 0 unspecified atom stereocenters. The summed E-state index contributed by atoms with van der Waals surface area (Å²) >= 11 is 0.754. The minimum Gasteiger partial charge on any atom is -0.488 e. The molecule has 4 rings (SSSR count). The molecule has 33 heavy (non-hydrogen) atoms. The Morgan fingerprint density at radius 3 is 2.55 bits per heavy atom. The summed E-state index contributed by atoms with van der Waals surface area (Å²) < 4.78 is 19.2. The highest BCUT2D eigenvalue weighted by molar-refractivity contribution is 8.18. The van der Waals surface area contributed by atoms with Gasteiger partial charge in [-0.05, 0) is 47.7 Å². The van der Waals surface area contributed by atoms with Crippen LogP contribution in [0.5, 0.6) is 5.75 Å². The molecule has 0 radical (unpaired) electrons. The average Bonchev–Trinajstić information content (AvgIpc) is 3.06. The number of anilines is 1. The fourth-order valence-corrected chi connectivity index (χ4v) is 3.98. The van der Waals surface area contributed by atoms with Gasteiger partial charge >= 0.3 is 0 Å². The van der Waals surface area contributed by atoms with Gasteiger partial charge < -0.3 is 10.1 Å². The molecular formula is C25H19FN2O4S. The van der Waals surface area contributed by atoms with Gasteiger partial charge in [-0.15, -0.1) is 0 Å². The van der Waals surface area contributed by atoms with Gasteiger partial charge in [0.05, 0.1) is 4.91 Å². The summed E-state index contributed by atoms with van der Waals surface area (Å²) in [5.74, 6) is -1.11. The van der Waals surface area contributed by atoms with Gasteiger partial charge in [-0.25, -0.2) is 4.39 Å². The first-order valence-corrected chi connectivity index (χ1v) is 10.9. The van der Waals surface area contributed by atoms with E-state index >= 15 is 0 Å². The van der Waals surface area contributed by atoms with E-state index in [0.717, 1.165) is 28.3 Å². The van der Waals surface area contributed by atoms with Gasteiger partial charge in [0.1, 0.15) is 24.7 Å². The van der Waals surface area contributed by atoms with E-state index < -0.39 is 29.4 Å². The number of hydrogen-bond acceptors (Lipinski definition) is 5. The summed E-state index contributed by atoms with van der Waals surface area (Å²) in [4.78, 5) is 38.5. The summed E-state index contributed by atoms with van der Waals surface area (Å²) in [6.45, 7) is -0.113. The third-order valence-electron chi connectivity index (χ3n) is 4.73. The minimum absolute atomic E-state index is 0.189. The number of hydrogen-bond donors (Lipinski definition) is 1. The van der Waals surface area contributed by atoms with Gasteiger partial charge in [0.25, 0.3) is 11.1 Å². The predicted octanol–water partition coefficient (Wildman–Crippen LogP) is 5.08. The first-order chi connectivity index (χ1) is 16.0. The van der Waals surface area contributed by atoms with E-state index in [9.17, 15) is 18.8 Å². The molecule has 3 aromatic rings. The van der Waals surface area contributed by atoms with Gasteiger partial charge in [-0.1, -0.05) is 54.6 Å². The van der Waals surface area contributed by atoms with Gasteiger partial charge in [0, 0.05) is 11.3 Å². The number of ether oxygens (including phenoxy) is 1. The molecule has 3 aromatic carbocycles. The van der Waals surface area contributed by atoms with E-state index in [1.54, 1.807) is 24.3 Å². The van der Waals surface area contributed by atoms with Crippen LogP contribution in [0.25, 0.3) is 6.08 Å². The fraction of sp³-hybridized carbons (Fsp3) is 0.0800. The van der Waals surface area contributed by atoms with Gasteiger partial charge in [-0.3, -0.25) is 19.3 Å². The van der Waals surface area contributed by atoms with Crippen molar-refractivity contribution >= 4 is 40.6 Å². The zero-order valence-electron chi connectivity index (χ0n) is 17.4. The zero-order chi connectivity index (χ0) is 23.2. The molecule has 0 aliphatic carbocycles. The zero-order valence-corrected chi connectivity index (χ0v) is 18.2. The molecule has 1 fully saturated rings. The number of para-hydroxylation sites is 1. The molecule has 0 spiro atoms. The predicted molar refractivity (Wildman–Crippen MR) is 125 cm³/mol. The first-order valence-electron chi connectivity index (χ1n) is 10.1. The van der Waals surface area contributed by atoms with Crippen LogP contribution in [0, 0.1) is 5.82 Å². The number of carbonyl (C=O) groups is 3. The van der Waals surface area contributed by atoms with Crippen LogP contribution < -0.4 is 10.1 Å². The second-order valence-electron chi connectivity index (χ2n) is 7.14. The van der Waals surface area contributed by atoms with E-state index in [4.69, 9.17) is 4.74 Å². The minimum atomic E-state index is -0.601. The Labute approximate surface area is 194 Å². The van der Waals surface area contributed by atoms with Crippen LogP contribution in [-0.2, 0) is 16.2 Å². The first kappa shape index (κ1) is 22.3. The quantitative estimate of drug-likeness (QED) is 0.496. The molecule has 0 aromatic heterocycles. The average molecular weight is 463 g/mol. The van der Waals surface area contributed by atoms with Crippen molar-refractivity contribution in [3.05, 3.63) is 101 Å². The molecule has 1 heterocycles. The van der Waals surface area contributed by atoms with E-state index in [2.05, 4.69) is 5.32 Å². The molecule has 1 N–H and O–H groups in total. The second-order valence-corrected chi connectivity index (χ2v) is 8.13. The molecule has 166 valence electrons. The van der Waals surface area contributed by atoms with Crippen LogP contribution in [-0.4, -0.2) is 28.5 Å². The van der Waals surface area contributed by atoms with Crippen LogP contribution in [0.4, 0.5) is 14.9 Å². The monoisotopic (exact) mass is 462 g/mol. The Kier molecular flexibility index (Phi) is 6.85. The summed E-state index contributed by atoms with van der Waals surface area (Å²) in [5, 5.41) is 1.93. The van der Waals surface area contributed by atoms with Crippen molar-refractivity contribution in [2.45, 2.75) is 6.61 Å². The summed E-state index contributed by atoms with van der Waals surface area (Å²) in [6.07, 6.45) is 1.58. The highest BCUT2D eigenvalue weighted by Gasteiger charge is 2.36. The number of nitrogens with one attached hydrogen (secondary N) is 1. The smallest absolute Gasteiger partial charge is 0.294 e. The Bertz CT molecular complexity index is 1230. The number of thioether (sulfide) groups is 1. The van der Waals surface area contributed by atoms with Crippen molar-refractivity contribution in [3.8, 4) is 5.75 Å². The maximum absolute atomic E-state index is 13.3. The van der Waals surface area contributed by atoms with Gasteiger partial charge in [0.15, 0.2) is 0 Å². The summed E-state index contributed by atoms with van der Waals surface area (Å²) in [5.41, 5.74) is 1.88. The lowest BCUT2D eigenvalue weighted by atomic mass is 10.1. The van der Waals surface area contributed by atoms with Gasteiger partial charge in [-0.2, -0.15) is 0 Å². The molecule has 1 saturated heterocycles. The number of rotatable bonds is 7. The number of halogens is 1. The molecule has 1 aliphatic heterocycles. The SMILES string of the molecule is O=C(CN1C(=O)S/C(=C/c2ccccc2OCc2ccccc2)C1=O)Nc1cccc(F)c1. The second kappa shape index (κ2) is 10.1. The topological polar surface area (TPSA) is 75.7 Å². The highest BCUT2D eigenvalue weighted by Crippen LogP contribution is 2.34. The maximum Gasteiger partial charge on any atom is 0.294 e. The molecule has 0 bridgehead atoms. The lowest BCUT2D eigenvalue weighted by molar-refractivity contribution is -0.127. The van der Waals surface area contributed by atoms with Crippen LogP contribution in [0.1, 0.15) is 11.1 Å². The summed E-state index contributed by atoms with van der Waals surface area (Å²) in [7, 11) is 0. The molecule has 1 aliphatic rings. The number of benzene rings is 3. The molecule has 0 saturated carbocycles. The molecule has 6 nitrogen and oxygen atoms in total. The standard InChI is InChI=1S/C25H19FN2O4S/c26-19-10-6-11-20(14-19)27-23(29)15-28-24(30)22(33-25(28)31)13-18-9-4-5-12-21(18)32-16-17-7-2-1-3-8-17/h1-14H,15-16H2,(H,27,29)/b22-13+. The van der Waals surface area contributed by atoms with Crippen LogP contribution >= 0.6 is 11.8 Å². The van der Waals surface area contributed by atoms with Crippen molar-refractivity contribution in [3.63, 3.8) is 0 Å². The molecular weight excluding hydrogens is 443 g/mol. The van der Waals surface area contributed by atoms with Crippen LogP contribution in [0.2, 0.25) is 0 Å². The number of amides is 3. The van der Waals surface area contributed by atoms with E-state index in [0.29, 0.717) is 17.9 Å². The van der Waals surface area contributed by atoms with E-state index in [-0.39, 0.29) is 10.6 Å². The Hall–Kier alpha value is -3.91. The highest BCUT2D eigenvalue weighted by atomic mass is 32.2. The number of imide groups is 1. The Morgan fingerprint density at radius 2 is 1.76 bits per heavy atom. The Balaban J connectivity index is 1.45. The lowest BCUT2D eigenvalue weighted by Gasteiger charge is -2.12. The number of carbonyl (C=O) groups excluding carboxylic acids is 3. The van der Waals surface area contributed by atoms with Crippen LogP contribution in [0.15, 0.2) is 83.8 Å². The number of nitrogens with zero attached hydrogens (tertiary/aromatic N) is 1. The molecule has 0 atom stereocenters. The van der Waals surface area contributed by atoms with Crippen molar-refractivity contribution in [2.24, 2.45) is 0 Å². The lowest BCUT2D eigenvalue weighted by Crippen LogP contribution is -2.36. The fourth-order valence-electron chi connectivity index (χ4n) is 3.15. The van der Waals surface area contributed by atoms with Crippen molar-refractivity contribution in [1.29, 1.82) is 0 Å². The normalized spacial score (nSPS) is 14.6. The third-order valence-corrected chi connectivity index (χ3v) is 5.63. The molecule has 8 heteroatoms. The molecule has 3 amide bonds. The van der Waals surface area contributed by atoms with E-state index in [1.165, 1.54) is 18.2 Å². The van der Waals surface area contributed by atoms with Crippen molar-refractivity contribution in [1.82, 2.24) is 4.90 Å². The largest absolute Gasteiger partial charge is 0.488 e. The van der Waals surface area contributed by atoms with Gasteiger partial charge in [0.2, 0.25) is 5.91 Å². The van der Waals surface area contributed by atoms with Crippen molar-refractivity contribution in [2.75, 3.05) is 11.9 Å². The Morgan fingerprint density at radius 1 is 1.00 bits per heavy atom. The van der Waals surface area contributed by atoms with Crippen LogP contribution in [0.3, 0.4) is 0 Å². The van der Waals surface area contributed by atoms with E-state index in [1.807, 2.05) is 36.4 Å².